The summed E-state index contributed by atoms with van der Waals surface area (Å²) in [7, 11) is 1.64. The van der Waals surface area contributed by atoms with E-state index in [2.05, 4.69) is 4.98 Å². The number of hydrogen-bond donors (Lipinski definition) is 1. The zero-order valence-corrected chi connectivity index (χ0v) is 12.0. The van der Waals surface area contributed by atoms with E-state index in [0.717, 1.165) is 6.42 Å². The average Bonchev–Trinajstić information content (AvgIpc) is 2.39. The van der Waals surface area contributed by atoms with Crippen molar-refractivity contribution in [1.29, 1.82) is 0 Å². The SMILES string of the molecule is COCCN(CCCN)c1nccn(C(C)C)c1=O. The van der Waals surface area contributed by atoms with Crippen molar-refractivity contribution in [2.45, 2.75) is 26.3 Å². The smallest absolute Gasteiger partial charge is 0.293 e. The van der Waals surface area contributed by atoms with Crippen molar-refractivity contribution in [3.63, 3.8) is 0 Å². The Bertz CT molecular complexity index is 423. The molecule has 6 nitrogen and oxygen atoms in total. The van der Waals surface area contributed by atoms with Crippen LogP contribution < -0.4 is 16.2 Å². The van der Waals surface area contributed by atoms with Crippen LogP contribution in [0.3, 0.4) is 0 Å². The molecule has 1 heterocycles. The minimum Gasteiger partial charge on any atom is -0.383 e. The third-order valence-electron chi connectivity index (χ3n) is 2.90. The van der Waals surface area contributed by atoms with Gasteiger partial charge in [-0.25, -0.2) is 4.98 Å². The molecule has 0 aromatic carbocycles. The molecule has 0 fully saturated rings. The highest BCUT2D eigenvalue weighted by Crippen LogP contribution is 2.07. The van der Waals surface area contributed by atoms with E-state index in [1.807, 2.05) is 18.7 Å². The van der Waals surface area contributed by atoms with Crippen LogP contribution in [0, 0.1) is 0 Å². The van der Waals surface area contributed by atoms with Gasteiger partial charge in [0.2, 0.25) is 0 Å². The highest BCUT2D eigenvalue weighted by Gasteiger charge is 2.14. The summed E-state index contributed by atoms with van der Waals surface area (Å²) in [4.78, 5) is 18.5. The zero-order valence-electron chi connectivity index (χ0n) is 12.0. The molecule has 108 valence electrons. The molecule has 6 heteroatoms. The topological polar surface area (TPSA) is 73.4 Å². The predicted octanol–water partition coefficient (Wildman–Crippen LogP) is 0.626. The lowest BCUT2D eigenvalue weighted by Gasteiger charge is -2.23. The third-order valence-corrected chi connectivity index (χ3v) is 2.90. The molecule has 0 spiro atoms. The fraction of sp³-hybridized carbons (Fsp3) is 0.692. The summed E-state index contributed by atoms with van der Waals surface area (Å²) in [6.07, 6.45) is 4.20. The van der Waals surface area contributed by atoms with Crippen molar-refractivity contribution in [2.24, 2.45) is 5.73 Å². The molecule has 1 aromatic rings. The Kier molecular flexibility index (Phi) is 6.52. The van der Waals surface area contributed by atoms with Gasteiger partial charge in [-0.1, -0.05) is 0 Å². The molecule has 0 saturated heterocycles. The van der Waals surface area contributed by atoms with Gasteiger partial charge < -0.3 is 19.9 Å². The Morgan fingerprint density at radius 1 is 1.47 bits per heavy atom. The Morgan fingerprint density at radius 2 is 2.21 bits per heavy atom. The molecule has 0 atom stereocenters. The lowest BCUT2D eigenvalue weighted by Crippen LogP contribution is -2.37. The van der Waals surface area contributed by atoms with Gasteiger partial charge in [0.25, 0.3) is 5.56 Å². The predicted molar refractivity (Wildman–Crippen MR) is 76.6 cm³/mol. The zero-order chi connectivity index (χ0) is 14.3. The van der Waals surface area contributed by atoms with Crippen LogP contribution in [0.2, 0.25) is 0 Å². The van der Waals surface area contributed by atoms with Crippen LogP contribution in [0.5, 0.6) is 0 Å². The second-order valence-corrected chi connectivity index (χ2v) is 4.68. The van der Waals surface area contributed by atoms with Gasteiger partial charge in [-0.05, 0) is 26.8 Å². The van der Waals surface area contributed by atoms with Crippen LogP contribution in [0.15, 0.2) is 17.2 Å². The fourth-order valence-corrected chi connectivity index (χ4v) is 1.84. The largest absolute Gasteiger partial charge is 0.383 e. The second kappa shape index (κ2) is 7.91. The molecule has 2 N–H and O–H groups in total. The van der Waals surface area contributed by atoms with Crippen LogP contribution >= 0.6 is 0 Å². The molecule has 1 rings (SSSR count). The Morgan fingerprint density at radius 3 is 2.79 bits per heavy atom. The van der Waals surface area contributed by atoms with E-state index in [0.29, 0.717) is 32.1 Å². The number of nitrogens with zero attached hydrogens (tertiary/aromatic N) is 3. The summed E-state index contributed by atoms with van der Waals surface area (Å²) in [6.45, 7) is 6.46. The molecule has 0 radical (unpaired) electrons. The first-order chi connectivity index (χ1) is 9.11. The first kappa shape index (κ1) is 15.7. The van der Waals surface area contributed by atoms with Gasteiger partial charge in [-0.2, -0.15) is 0 Å². The molecule has 19 heavy (non-hydrogen) atoms. The molecular formula is C13H24N4O2. The molecule has 0 bridgehead atoms. The summed E-state index contributed by atoms with van der Waals surface area (Å²) in [6, 6.07) is 0.119. The third kappa shape index (κ3) is 4.33. The van der Waals surface area contributed by atoms with E-state index in [-0.39, 0.29) is 11.6 Å². The molecule has 0 aliphatic rings. The van der Waals surface area contributed by atoms with Gasteiger partial charge in [0.05, 0.1) is 6.61 Å². The van der Waals surface area contributed by atoms with E-state index >= 15 is 0 Å². The van der Waals surface area contributed by atoms with E-state index in [9.17, 15) is 4.79 Å². The summed E-state index contributed by atoms with van der Waals surface area (Å²) in [5.41, 5.74) is 5.47. The van der Waals surface area contributed by atoms with Crippen molar-refractivity contribution >= 4 is 5.82 Å². The lowest BCUT2D eigenvalue weighted by atomic mass is 10.3. The summed E-state index contributed by atoms with van der Waals surface area (Å²) in [5.74, 6) is 0.474. The van der Waals surface area contributed by atoms with Crippen molar-refractivity contribution in [2.75, 3.05) is 38.3 Å². The maximum atomic E-state index is 12.4. The maximum absolute atomic E-state index is 12.4. The van der Waals surface area contributed by atoms with E-state index in [1.165, 1.54) is 0 Å². The summed E-state index contributed by atoms with van der Waals surface area (Å²) >= 11 is 0. The van der Waals surface area contributed by atoms with Crippen molar-refractivity contribution in [1.82, 2.24) is 9.55 Å². The van der Waals surface area contributed by atoms with Crippen molar-refractivity contribution in [3.05, 3.63) is 22.7 Å². The standard InChI is InChI=1S/C13H24N4O2/c1-11(2)17-8-6-15-12(13(17)18)16(7-4-5-14)9-10-19-3/h6,8,11H,4-5,7,9-10,14H2,1-3H3. The number of aromatic nitrogens is 2. The van der Waals surface area contributed by atoms with Crippen LogP contribution in [0.25, 0.3) is 0 Å². The van der Waals surface area contributed by atoms with Gasteiger partial charge in [-0.3, -0.25) is 4.79 Å². The summed E-state index contributed by atoms with van der Waals surface area (Å²) < 4.78 is 6.77. The van der Waals surface area contributed by atoms with Crippen molar-refractivity contribution in [3.8, 4) is 0 Å². The Hall–Kier alpha value is -1.40. The minimum absolute atomic E-state index is 0.0642. The highest BCUT2D eigenvalue weighted by atomic mass is 16.5. The van der Waals surface area contributed by atoms with Gasteiger partial charge >= 0.3 is 0 Å². The van der Waals surface area contributed by atoms with Crippen molar-refractivity contribution < 1.29 is 4.74 Å². The Balaban J connectivity index is 3.00. The number of anilines is 1. The molecule has 0 aliphatic carbocycles. The van der Waals surface area contributed by atoms with Crippen LogP contribution in [-0.4, -0.2) is 42.9 Å². The minimum atomic E-state index is -0.0642. The molecule has 0 saturated carbocycles. The van der Waals surface area contributed by atoms with Crippen LogP contribution in [-0.2, 0) is 4.74 Å². The normalized spacial score (nSPS) is 11.0. The van der Waals surface area contributed by atoms with E-state index in [4.69, 9.17) is 10.5 Å². The van der Waals surface area contributed by atoms with E-state index in [1.54, 1.807) is 24.1 Å². The molecule has 0 unspecified atom stereocenters. The van der Waals surface area contributed by atoms with Gasteiger partial charge in [0.15, 0.2) is 5.82 Å². The van der Waals surface area contributed by atoms with Gasteiger partial charge in [0.1, 0.15) is 0 Å². The first-order valence-electron chi connectivity index (χ1n) is 6.63. The average molecular weight is 268 g/mol. The number of methoxy groups -OCH3 is 1. The van der Waals surface area contributed by atoms with Crippen LogP contribution in [0.4, 0.5) is 5.82 Å². The van der Waals surface area contributed by atoms with Gasteiger partial charge in [0, 0.05) is 38.6 Å². The highest BCUT2D eigenvalue weighted by molar-refractivity contribution is 5.35. The number of hydrogen-bond acceptors (Lipinski definition) is 5. The Labute approximate surface area is 114 Å². The van der Waals surface area contributed by atoms with Gasteiger partial charge in [-0.15, -0.1) is 0 Å². The monoisotopic (exact) mass is 268 g/mol. The summed E-state index contributed by atoms with van der Waals surface area (Å²) in [5, 5.41) is 0. The molecular weight excluding hydrogens is 244 g/mol. The second-order valence-electron chi connectivity index (χ2n) is 4.68. The molecule has 0 aliphatic heterocycles. The number of ether oxygens (including phenoxy) is 1. The molecule has 0 amide bonds. The first-order valence-corrected chi connectivity index (χ1v) is 6.63. The fourth-order valence-electron chi connectivity index (χ4n) is 1.84. The van der Waals surface area contributed by atoms with Crippen LogP contribution in [0.1, 0.15) is 26.3 Å². The number of rotatable bonds is 8. The van der Waals surface area contributed by atoms with E-state index < -0.39 is 0 Å². The quantitative estimate of drug-likeness (QED) is 0.748. The molecule has 1 aromatic heterocycles. The lowest BCUT2D eigenvalue weighted by molar-refractivity contribution is 0.205. The number of nitrogens with two attached hydrogens (primary N) is 1. The maximum Gasteiger partial charge on any atom is 0.293 e.